The van der Waals surface area contributed by atoms with Crippen molar-refractivity contribution in [2.45, 2.75) is 25.0 Å². The number of fused-ring (bicyclic) bond motifs is 2. The summed E-state index contributed by atoms with van der Waals surface area (Å²) in [7, 11) is 0. The quantitative estimate of drug-likeness (QED) is 0.859. The Morgan fingerprint density at radius 3 is 2.72 bits per heavy atom. The number of carbonyl (C=O) groups is 1. The third-order valence-corrected chi connectivity index (χ3v) is 3.42. The Bertz CT molecular complexity index is 482. The number of nitrogens with zero attached hydrogens (tertiary/aromatic N) is 2. The highest BCUT2D eigenvalue weighted by Gasteiger charge is 2.35. The van der Waals surface area contributed by atoms with Gasteiger partial charge < -0.3 is 14.7 Å². The van der Waals surface area contributed by atoms with Crippen LogP contribution >= 0.6 is 0 Å². The van der Waals surface area contributed by atoms with Gasteiger partial charge in [0.1, 0.15) is 5.82 Å². The second-order valence-corrected chi connectivity index (χ2v) is 4.69. The van der Waals surface area contributed by atoms with Gasteiger partial charge in [0.15, 0.2) is 5.69 Å². The first-order valence-corrected chi connectivity index (χ1v) is 5.93. The maximum absolute atomic E-state index is 13.3. The molecule has 0 radical (unpaired) electrons. The lowest BCUT2D eigenvalue weighted by Gasteiger charge is -2.34. The first-order valence-electron chi connectivity index (χ1n) is 5.93. The fourth-order valence-corrected chi connectivity index (χ4v) is 2.65. The predicted octanol–water partition coefficient (Wildman–Crippen LogP) is 1.29. The van der Waals surface area contributed by atoms with Crippen LogP contribution in [0, 0.1) is 5.82 Å². The van der Waals surface area contributed by atoms with E-state index in [4.69, 9.17) is 9.84 Å². The molecule has 18 heavy (non-hydrogen) atoms. The molecule has 2 aliphatic heterocycles. The van der Waals surface area contributed by atoms with Crippen molar-refractivity contribution in [1.82, 2.24) is 4.98 Å². The summed E-state index contributed by atoms with van der Waals surface area (Å²) >= 11 is 0. The summed E-state index contributed by atoms with van der Waals surface area (Å²) in [5.41, 5.74) is 0.250. The molecule has 2 unspecified atom stereocenters. The van der Waals surface area contributed by atoms with Crippen molar-refractivity contribution < 1.29 is 19.0 Å². The Kier molecular flexibility index (Phi) is 2.66. The molecule has 2 atom stereocenters. The summed E-state index contributed by atoms with van der Waals surface area (Å²) in [5, 5.41) is 9.09. The van der Waals surface area contributed by atoms with Crippen LogP contribution in [0.4, 0.5) is 10.1 Å². The maximum Gasteiger partial charge on any atom is 0.356 e. The monoisotopic (exact) mass is 252 g/mol. The van der Waals surface area contributed by atoms with E-state index in [1.165, 1.54) is 6.07 Å². The van der Waals surface area contributed by atoms with Crippen LogP contribution in [0.15, 0.2) is 12.3 Å². The largest absolute Gasteiger partial charge is 0.476 e. The van der Waals surface area contributed by atoms with Gasteiger partial charge in [-0.05, 0) is 12.8 Å². The SMILES string of the molecule is O=C(O)c1ncc(F)cc1N1CC2CCC(C1)O2. The van der Waals surface area contributed by atoms with Crippen molar-refractivity contribution in [3.05, 3.63) is 23.8 Å². The summed E-state index contributed by atoms with van der Waals surface area (Å²) in [4.78, 5) is 16.6. The third kappa shape index (κ3) is 1.92. The Labute approximate surface area is 103 Å². The highest BCUT2D eigenvalue weighted by molar-refractivity contribution is 5.92. The number of carboxylic acids is 1. The number of halogens is 1. The van der Waals surface area contributed by atoms with Crippen LogP contribution in [0.25, 0.3) is 0 Å². The van der Waals surface area contributed by atoms with E-state index in [0.717, 1.165) is 19.0 Å². The van der Waals surface area contributed by atoms with E-state index in [1.54, 1.807) is 0 Å². The molecule has 1 aromatic rings. The van der Waals surface area contributed by atoms with Gasteiger partial charge in [-0.3, -0.25) is 0 Å². The molecule has 0 aliphatic carbocycles. The van der Waals surface area contributed by atoms with Gasteiger partial charge in [-0.25, -0.2) is 14.2 Å². The number of aromatic carboxylic acids is 1. The number of anilines is 1. The van der Waals surface area contributed by atoms with E-state index in [2.05, 4.69) is 4.98 Å². The molecule has 0 spiro atoms. The molecule has 1 N–H and O–H groups in total. The average molecular weight is 252 g/mol. The molecule has 0 amide bonds. The van der Waals surface area contributed by atoms with Crippen LogP contribution in [0.1, 0.15) is 23.3 Å². The first-order chi connectivity index (χ1) is 8.63. The van der Waals surface area contributed by atoms with E-state index in [9.17, 15) is 9.18 Å². The smallest absolute Gasteiger partial charge is 0.356 e. The molecule has 3 heterocycles. The molecular formula is C12H13FN2O3. The molecule has 6 heteroatoms. The van der Waals surface area contributed by atoms with Gasteiger partial charge in [-0.2, -0.15) is 0 Å². The molecule has 0 saturated carbocycles. The zero-order valence-corrected chi connectivity index (χ0v) is 9.67. The van der Waals surface area contributed by atoms with E-state index >= 15 is 0 Å². The average Bonchev–Trinajstić information content (AvgIpc) is 2.67. The standard InChI is InChI=1S/C12H13FN2O3/c13-7-3-10(11(12(16)17)14-4-7)15-5-8-1-2-9(6-15)18-8/h3-4,8-9H,1-2,5-6H2,(H,16,17). The van der Waals surface area contributed by atoms with Crippen molar-refractivity contribution in [3.8, 4) is 0 Å². The summed E-state index contributed by atoms with van der Waals surface area (Å²) in [6.07, 6.45) is 3.13. The van der Waals surface area contributed by atoms with E-state index in [1.807, 2.05) is 4.90 Å². The first kappa shape index (κ1) is 11.4. The number of hydrogen-bond donors (Lipinski definition) is 1. The van der Waals surface area contributed by atoms with Crippen molar-refractivity contribution in [2.75, 3.05) is 18.0 Å². The maximum atomic E-state index is 13.3. The summed E-state index contributed by atoms with van der Waals surface area (Å²) in [6, 6.07) is 1.24. The van der Waals surface area contributed by atoms with Gasteiger partial charge in [-0.15, -0.1) is 0 Å². The van der Waals surface area contributed by atoms with Gasteiger partial charge in [0.05, 0.1) is 24.1 Å². The van der Waals surface area contributed by atoms with Crippen LogP contribution in [-0.4, -0.2) is 41.4 Å². The lowest BCUT2D eigenvalue weighted by Crippen LogP contribution is -2.43. The molecule has 3 rings (SSSR count). The number of carboxylic acid groups (broad SMARTS) is 1. The molecule has 2 saturated heterocycles. The van der Waals surface area contributed by atoms with E-state index in [0.29, 0.717) is 18.8 Å². The van der Waals surface area contributed by atoms with Crippen LogP contribution in [0.3, 0.4) is 0 Å². The minimum Gasteiger partial charge on any atom is -0.476 e. The second-order valence-electron chi connectivity index (χ2n) is 4.69. The fourth-order valence-electron chi connectivity index (χ4n) is 2.65. The lowest BCUT2D eigenvalue weighted by atomic mass is 10.2. The Hall–Kier alpha value is -1.69. The highest BCUT2D eigenvalue weighted by Crippen LogP contribution is 2.31. The Balaban J connectivity index is 1.95. The number of rotatable bonds is 2. The molecule has 2 aliphatic rings. The van der Waals surface area contributed by atoms with Gasteiger partial charge in [0.25, 0.3) is 0 Å². The van der Waals surface area contributed by atoms with Crippen LogP contribution in [0.2, 0.25) is 0 Å². The Morgan fingerprint density at radius 1 is 1.44 bits per heavy atom. The summed E-state index contributed by atoms with van der Waals surface area (Å²) in [6.45, 7) is 1.20. The van der Waals surface area contributed by atoms with Crippen molar-refractivity contribution in [1.29, 1.82) is 0 Å². The number of ether oxygens (including phenoxy) is 1. The number of morpholine rings is 1. The molecule has 5 nitrogen and oxygen atoms in total. The summed E-state index contributed by atoms with van der Waals surface area (Å²) in [5.74, 6) is -1.65. The van der Waals surface area contributed by atoms with Crippen molar-refractivity contribution >= 4 is 11.7 Å². The van der Waals surface area contributed by atoms with Crippen LogP contribution in [-0.2, 0) is 4.74 Å². The molecule has 0 aromatic carbocycles. The minimum atomic E-state index is -1.14. The normalized spacial score (nSPS) is 26.4. The van der Waals surface area contributed by atoms with Crippen molar-refractivity contribution in [3.63, 3.8) is 0 Å². The van der Waals surface area contributed by atoms with Gasteiger partial charge in [0.2, 0.25) is 0 Å². The predicted molar refractivity (Wildman–Crippen MR) is 61.3 cm³/mol. The number of hydrogen-bond acceptors (Lipinski definition) is 4. The topological polar surface area (TPSA) is 62.7 Å². The summed E-state index contributed by atoms with van der Waals surface area (Å²) < 4.78 is 18.9. The molecule has 1 aromatic heterocycles. The lowest BCUT2D eigenvalue weighted by molar-refractivity contribution is 0.0302. The number of pyridine rings is 1. The van der Waals surface area contributed by atoms with E-state index in [-0.39, 0.29) is 17.9 Å². The van der Waals surface area contributed by atoms with Gasteiger partial charge in [-0.1, -0.05) is 0 Å². The highest BCUT2D eigenvalue weighted by atomic mass is 19.1. The van der Waals surface area contributed by atoms with Crippen LogP contribution < -0.4 is 4.90 Å². The van der Waals surface area contributed by atoms with Gasteiger partial charge >= 0.3 is 5.97 Å². The zero-order chi connectivity index (χ0) is 12.7. The van der Waals surface area contributed by atoms with Gasteiger partial charge in [0, 0.05) is 19.2 Å². The second kappa shape index (κ2) is 4.20. The molecule has 2 fully saturated rings. The third-order valence-electron chi connectivity index (χ3n) is 3.42. The fraction of sp³-hybridized carbons (Fsp3) is 0.500. The molecular weight excluding hydrogens is 239 g/mol. The molecule has 96 valence electrons. The van der Waals surface area contributed by atoms with Crippen LogP contribution in [0.5, 0.6) is 0 Å². The Morgan fingerprint density at radius 2 is 2.11 bits per heavy atom. The minimum absolute atomic E-state index is 0.0994. The van der Waals surface area contributed by atoms with Crippen molar-refractivity contribution in [2.24, 2.45) is 0 Å². The number of aromatic nitrogens is 1. The zero-order valence-electron chi connectivity index (χ0n) is 9.67. The van der Waals surface area contributed by atoms with E-state index < -0.39 is 11.8 Å². The molecule has 2 bridgehead atoms.